The minimum Gasteiger partial charge on any atom is -0.329 e. The van der Waals surface area contributed by atoms with Gasteiger partial charge in [0.25, 0.3) is 0 Å². The molecule has 84 valence electrons. The van der Waals surface area contributed by atoms with Crippen molar-refractivity contribution < 1.29 is 8.42 Å². The second-order valence-electron chi connectivity index (χ2n) is 4.37. The Labute approximate surface area is 86.4 Å². The molecule has 0 aromatic carbocycles. The molecule has 0 bridgehead atoms. The molecule has 2 unspecified atom stereocenters. The van der Waals surface area contributed by atoms with Crippen LogP contribution in [0.3, 0.4) is 0 Å². The molecule has 1 heterocycles. The smallest absolute Gasteiger partial charge is 0.147 e. The Morgan fingerprint density at radius 1 is 1.57 bits per heavy atom. The Hall–Kier alpha value is -0.130. The molecule has 5 heteroatoms. The maximum absolute atomic E-state index is 11.0. The summed E-state index contributed by atoms with van der Waals surface area (Å²) in [5, 5.41) is 0. The molecule has 1 aliphatic heterocycles. The second-order valence-corrected chi connectivity index (χ2v) is 6.56. The molecule has 0 radical (unpaired) electrons. The summed E-state index contributed by atoms with van der Waals surface area (Å²) in [5.41, 5.74) is 5.57. The van der Waals surface area contributed by atoms with Crippen LogP contribution >= 0.6 is 0 Å². The van der Waals surface area contributed by atoms with Gasteiger partial charge in [-0.25, -0.2) is 8.42 Å². The summed E-state index contributed by atoms with van der Waals surface area (Å²) >= 11 is 0. The fraction of sp³-hybridized carbons (Fsp3) is 1.00. The fourth-order valence-electron chi connectivity index (χ4n) is 1.97. The van der Waals surface area contributed by atoms with Crippen LogP contribution in [0.5, 0.6) is 0 Å². The lowest BCUT2D eigenvalue weighted by molar-refractivity contribution is 0.0833. The summed E-state index contributed by atoms with van der Waals surface area (Å²) in [7, 11) is -2.84. The van der Waals surface area contributed by atoms with Crippen molar-refractivity contribution in [3.05, 3.63) is 0 Å². The minimum absolute atomic E-state index is 0.208. The zero-order valence-corrected chi connectivity index (χ0v) is 9.76. The van der Waals surface area contributed by atoms with Gasteiger partial charge in [-0.2, -0.15) is 0 Å². The summed E-state index contributed by atoms with van der Waals surface area (Å²) in [5.74, 6) is 0.486. The van der Waals surface area contributed by atoms with Crippen LogP contribution in [0.15, 0.2) is 0 Å². The third kappa shape index (κ3) is 3.55. The number of nitrogens with two attached hydrogens (primary N) is 1. The van der Waals surface area contributed by atoms with Gasteiger partial charge in [0.05, 0.1) is 5.75 Å². The minimum atomic E-state index is -2.84. The first-order valence-corrected chi connectivity index (χ1v) is 7.10. The van der Waals surface area contributed by atoms with E-state index in [2.05, 4.69) is 4.90 Å². The van der Waals surface area contributed by atoms with E-state index in [1.807, 2.05) is 6.92 Å². The summed E-state index contributed by atoms with van der Waals surface area (Å²) in [4.78, 5) is 2.27. The molecular formula is C9H20N2O2S. The van der Waals surface area contributed by atoms with Crippen molar-refractivity contribution in [3.8, 4) is 0 Å². The van der Waals surface area contributed by atoms with E-state index in [1.54, 1.807) is 0 Å². The third-order valence-electron chi connectivity index (χ3n) is 2.67. The normalized spacial score (nSPS) is 25.8. The van der Waals surface area contributed by atoms with Crippen LogP contribution in [0.25, 0.3) is 0 Å². The van der Waals surface area contributed by atoms with Gasteiger partial charge in [0.2, 0.25) is 0 Å². The van der Waals surface area contributed by atoms with E-state index in [9.17, 15) is 8.42 Å². The fourth-order valence-corrected chi connectivity index (χ4v) is 3.11. The quantitative estimate of drug-likeness (QED) is 0.691. The van der Waals surface area contributed by atoms with Crippen molar-refractivity contribution in [2.45, 2.75) is 19.4 Å². The van der Waals surface area contributed by atoms with Gasteiger partial charge in [-0.05, 0) is 12.3 Å². The van der Waals surface area contributed by atoms with Crippen LogP contribution in [0.4, 0.5) is 0 Å². The highest BCUT2D eigenvalue weighted by atomic mass is 32.2. The highest BCUT2D eigenvalue weighted by molar-refractivity contribution is 7.90. The molecule has 2 atom stereocenters. The Balaban J connectivity index is 2.30. The van der Waals surface area contributed by atoms with Crippen molar-refractivity contribution in [2.75, 3.05) is 31.6 Å². The molecule has 0 aliphatic carbocycles. The summed E-state index contributed by atoms with van der Waals surface area (Å²) in [6.07, 6.45) is 2.45. The Morgan fingerprint density at radius 2 is 2.21 bits per heavy atom. The van der Waals surface area contributed by atoms with Crippen molar-refractivity contribution in [2.24, 2.45) is 11.7 Å². The van der Waals surface area contributed by atoms with Crippen LogP contribution in [-0.4, -0.2) is 51.0 Å². The summed E-state index contributed by atoms with van der Waals surface area (Å²) < 4.78 is 22.1. The zero-order valence-electron chi connectivity index (χ0n) is 8.94. The lowest BCUT2D eigenvalue weighted by atomic mass is 10.0. The summed E-state index contributed by atoms with van der Waals surface area (Å²) in [6, 6.07) is 0.483. The number of likely N-dealkylation sites (tertiary alicyclic amines) is 1. The van der Waals surface area contributed by atoms with E-state index in [1.165, 1.54) is 6.26 Å². The third-order valence-corrected chi connectivity index (χ3v) is 3.85. The highest BCUT2D eigenvalue weighted by Crippen LogP contribution is 2.18. The van der Waals surface area contributed by atoms with E-state index >= 15 is 0 Å². The molecule has 0 aromatic heterocycles. The van der Waals surface area contributed by atoms with Crippen molar-refractivity contribution in [3.63, 3.8) is 0 Å². The Kier molecular flexibility index (Phi) is 3.92. The Morgan fingerprint density at radius 3 is 2.57 bits per heavy atom. The first-order valence-electron chi connectivity index (χ1n) is 5.04. The lowest BCUT2D eigenvalue weighted by Crippen LogP contribution is -2.53. The van der Waals surface area contributed by atoms with Gasteiger partial charge in [-0.15, -0.1) is 0 Å². The van der Waals surface area contributed by atoms with E-state index in [4.69, 9.17) is 5.73 Å². The van der Waals surface area contributed by atoms with Crippen molar-refractivity contribution in [1.29, 1.82) is 0 Å². The molecule has 0 spiro atoms. The molecule has 1 rings (SSSR count). The van der Waals surface area contributed by atoms with E-state index in [-0.39, 0.29) is 11.7 Å². The molecule has 14 heavy (non-hydrogen) atoms. The maximum atomic E-state index is 11.0. The van der Waals surface area contributed by atoms with Crippen LogP contribution in [0.1, 0.15) is 13.3 Å². The molecule has 1 fully saturated rings. The van der Waals surface area contributed by atoms with Gasteiger partial charge in [0.1, 0.15) is 9.84 Å². The molecule has 0 aromatic rings. The SMILES string of the molecule is CC(CN1CCC1CN)CS(C)(=O)=O. The molecular weight excluding hydrogens is 200 g/mol. The molecule has 2 N–H and O–H groups in total. The monoisotopic (exact) mass is 220 g/mol. The van der Waals surface area contributed by atoms with Gasteiger partial charge in [0, 0.05) is 31.9 Å². The molecule has 1 saturated heterocycles. The van der Waals surface area contributed by atoms with Crippen molar-refractivity contribution in [1.82, 2.24) is 4.90 Å². The predicted octanol–water partition coefficient (Wildman–Crippen LogP) is -0.300. The standard InChI is InChI=1S/C9H20N2O2S/c1-8(7-14(2,12)13)6-11-4-3-9(11)5-10/h8-9H,3-7,10H2,1-2H3. The van der Waals surface area contributed by atoms with Gasteiger partial charge < -0.3 is 5.73 Å². The predicted molar refractivity (Wildman–Crippen MR) is 57.9 cm³/mol. The van der Waals surface area contributed by atoms with Crippen LogP contribution < -0.4 is 5.73 Å². The summed E-state index contributed by atoms with van der Waals surface area (Å²) in [6.45, 7) is 4.59. The molecule has 4 nitrogen and oxygen atoms in total. The largest absolute Gasteiger partial charge is 0.329 e. The van der Waals surface area contributed by atoms with E-state index < -0.39 is 9.84 Å². The van der Waals surface area contributed by atoms with E-state index in [0.29, 0.717) is 12.6 Å². The molecule has 1 aliphatic rings. The Bertz CT molecular complexity index is 275. The van der Waals surface area contributed by atoms with Crippen molar-refractivity contribution >= 4 is 9.84 Å². The number of sulfone groups is 1. The number of hydrogen-bond acceptors (Lipinski definition) is 4. The van der Waals surface area contributed by atoms with Gasteiger partial charge in [0.15, 0.2) is 0 Å². The van der Waals surface area contributed by atoms with Crippen LogP contribution in [-0.2, 0) is 9.84 Å². The number of rotatable bonds is 5. The van der Waals surface area contributed by atoms with Crippen LogP contribution in [0.2, 0.25) is 0 Å². The lowest BCUT2D eigenvalue weighted by Gasteiger charge is -2.41. The first kappa shape index (κ1) is 11.9. The topological polar surface area (TPSA) is 63.4 Å². The maximum Gasteiger partial charge on any atom is 0.147 e. The zero-order chi connectivity index (χ0) is 10.8. The number of nitrogens with zero attached hydrogens (tertiary/aromatic N) is 1. The molecule has 0 saturated carbocycles. The second kappa shape index (κ2) is 4.59. The average molecular weight is 220 g/mol. The van der Waals surface area contributed by atoms with Gasteiger partial charge in [-0.1, -0.05) is 6.92 Å². The van der Waals surface area contributed by atoms with Gasteiger partial charge >= 0.3 is 0 Å². The van der Waals surface area contributed by atoms with E-state index in [0.717, 1.165) is 19.5 Å². The highest BCUT2D eigenvalue weighted by Gasteiger charge is 2.28. The first-order chi connectivity index (χ1) is 6.42. The van der Waals surface area contributed by atoms with Crippen LogP contribution in [0, 0.1) is 5.92 Å². The molecule has 0 amide bonds. The average Bonchev–Trinajstić information content (AvgIpc) is 1.96. The van der Waals surface area contributed by atoms with Gasteiger partial charge in [-0.3, -0.25) is 4.90 Å². The number of hydrogen-bond donors (Lipinski definition) is 1.